The standard InChI is InChI=1S/C13H10F2N2O5S/c1-22-9-3-5-13(12(7-9)17(18)19)23(20,21)16-8-2-4-10(14)11(15)6-8/h2-7,16H,1H3. The molecule has 122 valence electrons. The Morgan fingerprint density at radius 2 is 1.83 bits per heavy atom. The Labute approximate surface area is 129 Å². The van der Waals surface area contributed by atoms with E-state index in [1.54, 1.807) is 0 Å². The minimum Gasteiger partial charge on any atom is -0.497 e. The summed E-state index contributed by atoms with van der Waals surface area (Å²) < 4.78 is 57.2. The zero-order valence-electron chi connectivity index (χ0n) is 11.6. The van der Waals surface area contributed by atoms with Crippen molar-refractivity contribution in [1.29, 1.82) is 0 Å². The Bertz CT molecular complexity index is 871. The second-order valence-electron chi connectivity index (χ2n) is 4.33. The lowest BCUT2D eigenvalue weighted by molar-refractivity contribution is -0.387. The van der Waals surface area contributed by atoms with Gasteiger partial charge >= 0.3 is 0 Å². The highest BCUT2D eigenvalue weighted by Gasteiger charge is 2.26. The summed E-state index contributed by atoms with van der Waals surface area (Å²) in [7, 11) is -3.11. The lowest BCUT2D eigenvalue weighted by Crippen LogP contribution is -2.15. The molecule has 0 aliphatic carbocycles. The van der Waals surface area contributed by atoms with Crippen LogP contribution in [0.25, 0.3) is 0 Å². The predicted molar refractivity (Wildman–Crippen MR) is 76.8 cm³/mol. The maximum Gasteiger partial charge on any atom is 0.293 e. The summed E-state index contributed by atoms with van der Waals surface area (Å²) in [6.45, 7) is 0. The van der Waals surface area contributed by atoms with E-state index in [1.807, 2.05) is 4.72 Å². The maximum absolute atomic E-state index is 13.1. The van der Waals surface area contributed by atoms with Crippen LogP contribution < -0.4 is 9.46 Å². The van der Waals surface area contributed by atoms with Crippen molar-refractivity contribution in [2.24, 2.45) is 0 Å². The molecule has 10 heteroatoms. The number of anilines is 1. The van der Waals surface area contributed by atoms with Crippen LogP contribution in [-0.4, -0.2) is 20.5 Å². The number of nitrogens with zero attached hydrogens (tertiary/aromatic N) is 1. The molecule has 7 nitrogen and oxygen atoms in total. The summed E-state index contributed by atoms with van der Waals surface area (Å²) in [5.41, 5.74) is -0.978. The van der Waals surface area contributed by atoms with E-state index >= 15 is 0 Å². The molecule has 0 unspecified atom stereocenters. The van der Waals surface area contributed by atoms with Crippen LogP contribution in [0, 0.1) is 21.7 Å². The molecule has 2 rings (SSSR count). The minimum atomic E-state index is -4.38. The fraction of sp³-hybridized carbons (Fsp3) is 0.0769. The molecule has 0 aromatic heterocycles. The molecule has 0 radical (unpaired) electrons. The van der Waals surface area contributed by atoms with Crippen LogP contribution in [0.4, 0.5) is 20.2 Å². The van der Waals surface area contributed by atoms with Crippen LogP contribution in [-0.2, 0) is 10.0 Å². The van der Waals surface area contributed by atoms with E-state index in [0.717, 1.165) is 24.3 Å². The molecule has 0 saturated heterocycles. The van der Waals surface area contributed by atoms with Crippen molar-refractivity contribution < 1.29 is 26.9 Å². The van der Waals surface area contributed by atoms with Crippen LogP contribution >= 0.6 is 0 Å². The van der Waals surface area contributed by atoms with Gasteiger partial charge in [0.2, 0.25) is 0 Å². The van der Waals surface area contributed by atoms with Gasteiger partial charge in [-0.15, -0.1) is 0 Å². The first-order valence-corrected chi connectivity index (χ1v) is 7.53. The molecule has 0 atom stereocenters. The highest BCUT2D eigenvalue weighted by Crippen LogP contribution is 2.29. The zero-order valence-corrected chi connectivity index (χ0v) is 12.4. The van der Waals surface area contributed by atoms with Gasteiger partial charge in [0.15, 0.2) is 16.5 Å². The second kappa shape index (κ2) is 6.16. The van der Waals surface area contributed by atoms with Gasteiger partial charge < -0.3 is 4.74 Å². The quantitative estimate of drug-likeness (QED) is 0.664. The van der Waals surface area contributed by atoms with Gasteiger partial charge in [-0.3, -0.25) is 14.8 Å². The molecule has 0 heterocycles. The number of hydrogen-bond acceptors (Lipinski definition) is 5. The average Bonchev–Trinajstić information content (AvgIpc) is 2.50. The summed E-state index contributed by atoms with van der Waals surface area (Å²) in [5, 5.41) is 11.0. The third kappa shape index (κ3) is 3.54. The van der Waals surface area contributed by atoms with E-state index in [-0.39, 0.29) is 11.4 Å². The second-order valence-corrected chi connectivity index (χ2v) is 5.98. The number of methoxy groups -OCH3 is 1. The van der Waals surface area contributed by atoms with Crippen molar-refractivity contribution in [3.8, 4) is 5.75 Å². The maximum atomic E-state index is 13.1. The van der Waals surface area contributed by atoms with Crippen LogP contribution in [0.2, 0.25) is 0 Å². The molecule has 1 N–H and O–H groups in total. The number of nitro benzene ring substituents is 1. The highest BCUT2D eigenvalue weighted by molar-refractivity contribution is 7.92. The van der Waals surface area contributed by atoms with Crippen molar-refractivity contribution in [2.45, 2.75) is 4.90 Å². The van der Waals surface area contributed by atoms with E-state index in [9.17, 15) is 27.3 Å². The van der Waals surface area contributed by atoms with E-state index < -0.39 is 37.2 Å². The molecule has 0 aliphatic rings. The number of ether oxygens (including phenoxy) is 1. The van der Waals surface area contributed by atoms with E-state index in [0.29, 0.717) is 6.07 Å². The zero-order chi connectivity index (χ0) is 17.2. The molecule has 0 fully saturated rings. The number of nitrogens with one attached hydrogen (secondary N) is 1. The van der Waals surface area contributed by atoms with Crippen LogP contribution in [0.3, 0.4) is 0 Å². The summed E-state index contributed by atoms with van der Waals surface area (Å²) in [5.74, 6) is -2.30. The molecule has 2 aromatic rings. The summed E-state index contributed by atoms with van der Waals surface area (Å²) in [6.07, 6.45) is 0. The number of rotatable bonds is 5. The van der Waals surface area contributed by atoms with Gasteiger partial charge in [-0.2, -0.15) is 0 Å². The van der Waals surface area contributed by atoms with Gasteiger partial charge in [-0.1, -0.05) is 0 Å². The topological polar surface area (TPSA) is 98.5 Å². The number of hydrogen-bond donors (Lipinski definition) is 1. The normalized spacial score (nSPS) is 11.1. The van der Waals surface area contributed by atoms with Crippen LogP contribution in [0.5, 0.6) is 5.75 Å². The monoisotopic (exact) mass is 344 g/mol. The van der Waals surface area contributed by atoms with E-state index in [4.69, 9.17) is 4.74 Å². The van der Waals surface area contributed by atoms with Gasteiger partial charge in [0.1, 0.15) is 5.75 Å². The third-order valence-corrected chi connectivity index (χ3v) is 4.25. The largest absolute Gasteiger partial charge is 0.497 e. The van der Waals surface area contributed by atoms with Crippen molar-refractivity contribution in [3.63, 3.8) is 0 Å². The lowest BCUT2D eigenvalue weighted by atomic mass is 10.3. The van der Waals surface area contributed by atoms with Gasteiger partial charge in [-0.05, 0) is 24.3 Å². The Morgan fingerprint density at radius 3 is 2.39 bits per heavy atom. The molecule has 0 amide bonds. The van der Waals surface area contributed by atoms with Crippen molar-refractivity contribution in [3.05, 3.63) is 58.1 Å². The first-order chi connectivity index (χ1) is 10.7. The molecule has 0 bridgehead atoms. The van der Waals surface area contributed by atoms with Crippen molar-refractivity contribution in [2.75, 3.05) is 11.8 Å². The van der Waals surface area contributed by atoms with Gasteiger partial charge in [0, 0.05) is 6.07 Å². The van der Waals surface area contributed by atoms with Gasteiger partial charge in [0.05, 0.1) is 23.8 Å². The molecule has 2 aromatic carbocycles. The predicted octanol–water partition coefficient (Wildman–Crippen LogP) is 2.68. The van der Waals surface area contributed by atoms with Crippen LogP contribution in [0.15, 0.2) is 41.3 Å². The third-order valence-electron chi connectivity index (χ3n) is 2.82. The lowest BCUT2D eigenvalue weighted by Gasteiger charge is -2.09. The fourth-order valence-corrected chi connectivity index (χ4v) is 2.97. The SMILES string of the molecule is COc1ccc(S(=O)(=O)Nc2ccc(F)c(F)c2)c([N+](=O)[O-])c1. The van der Waals surface area contributed by atoms with Crippen molar-refractivity contribution in [1.82, 2.24) is 0 Å². The molecule has 0 saturated carbocycles. The summed E-state index contributed by atoms with van der Waals surface area (Å²) in [4.78, 5) is 9.52. The minimum absolute atomic E-state index is 0.100. The van der Waals surface area contributed by atoms with E-state index in [2.05, 4.69) is 0 Å². The Kier molecular flexibility index (Phi) is 4.45. The Balaban J connectivity index is 2.47. The number of sulfonamides is 1. The van der Waals surface area contributed by atoms with Crippen LogP contribution in [0.1, 0.15) is 0 Å². The average molecular weight is 344 g/mol. The first kappa shape index (κ1) is 16.6. The summed E-state index contributed by atoms with van der Waals surface area (Å²) in [6, 6.07) is 5.51. The number of nitro groups is 1. The van der Waals surface area contributed by atoms with Crippen molar-refractivity contribution >= 4 is 21.4 Å². The molecule has 23 heavy (non-hydrogen) atoms. The van der Waals surface area contributed by atoms with E-state index in [1.165, 1.54) is 13.2 Å². The molecular weight excluding hydrogens is 334 g/mol. The highest BCUT2D eigenvalue weighted by atomic mass is 32.2. The number of halogens is 2. The Morgan fingerprint density at radius 1 is 1.13 bits per heavy atom. The number of benzene rings is 2. The fourth-order valence-electron chi connectivity index (χ4n) is 1.76. The molecule has 0 spiro atoms. The smallest absolute Gasteiger partial charge is 0.293 e. The first-order valence-electron chi connectivity index (χ1n) is 6.05. The molecule has 0 aliphatic heterocycles. The van der Waals surface area contributed by atoms with Gasteiger partial charge in [0.25, 0.3) is 15.7 Å². The van der Waals surface area contributed by atoms with Gasteiger partial charge in [-0.25, -0.2) is 17.2 Å². The molecular formula is C13H10F2N2O5S. The summed E-state index contributed by atoms with van der Waals surface area (Å²) >= 11 is 0. The Hall–Kier alpha value is -2.75.